The molecule has 1 saturated carbocycles. The lowest BCUT2D eigenvalue weighted by atomic mass is 9.69. The monoisotopic (exact) mass is 258 g/mol. The molecule has 1 aliphatic carbocycles. The normalized spacial score (nSPS) is 18.4. The Bertz CT molecular complexity index is 530. The molecule has 0 amide bonds. The van der Waals surface area contributed by atoms with E-state index in [1.54, 1.807) is 0 Å². The Kier molecular flexibility index (Phi) is 3.34. The van der Waals surface area contributed by atoms with Gasteiger partial charge < -0.3 is 9.63 Å². The summed E-state index contributed by atoms with van der Waals surface area (Å²) in [6.07, 6.45) is 5.71. The zero-order valence-electron chi connectivity index (χ0n) is 10.9. The molecule has 0 atom stereocenters. The van der Waals surface area contributed by atoms with Gasteiger partial charge in [0.25, 0.3) is 5.89 Å². The van der Waals surface area contributed by atoms with Crippen LogP contribution in [0.2, 0.25) is 0 Å². The van der Waals surface area contributed by atoms with Crippen LogP contribution in [0, 0.1) is 0 Å². The molecule has 1 aromatic carbocycles. The predicted octanol–water partition coefficient (Wildman–Crippen LogP) is 2.81. The van der Waals surface area contributed by atoms with E-state index in [1.807, 2.05) is 6.07 Å². The number of aliphatic hydroxyl groups is 1. The van der Waals surface area contributed by atoms with Crippen LogP contribution < -0.4 is 0 Å². The van der Waals surface area contributed by atoms with E-state index >= 15 is 0 Å². The van der Waals surface area contributed by atoms with Crippen molar-refractivity contribution in [1.82, 2.24) is 10.1 Å². The molecule has 1 heterocycles. The quantitative estimate of drug-likeness (QED) is 0.919. The number of benzene rings is 1. The molecule has 100 valence electrons. The molecule has 4 heteroatoms. The van der Waals surface area contributed by atoms with E-state index in [2.05, 4.69) is 34.4 Å². The Balaban J connectivity index is 2.06. The lowest BCUT2D eigenvalue weighted by Gasteiger charge is -2.34. The van der Waals surface area contributed by atoms with Crippen molar-refractivity contribution in [3.05, 3.63) is 47.6 Å². The molecule has 2 aromatic rings. The summed E-state index contributed by atoms with van der Waals surface area (Å²) in [6, 6.07) is 10.4. The first-order valence-electron chi connectivity index (χ1n) is 6.85. The molecule has 0 aliphatic heterocycles. The largest absolute Gasteiger partial charge is 0.387 e. The molecular weight excluding hydrogens is 240 g/mol. The van der Waals surface area contributed by atoms with Crippen LogP contribution in [0.25, 0.3) is 0 Å². The Labute approximate surface area is 112 Å². The van der Waals surface area contributed by atoms with E-state index < -0.39 is 0 Å². The Morgan fingerprint density at radius 3 is 2.47 bits per heavy atom. The summed E-state index contributed by atoms with van der Waals surface area (Å²) in [5.41, 5.74) is 1.11. The minimum absolute atomic E-state index is 0.142. The second-order valence-electron chi connectivity index (χ2n) is 5.18. The number of aliphatic hydroxyl groups excluding tert-OH is 1. The van der Waals surface area contributed by atoms with Crippen LogP contribution in [0.4, 0.5) is 0 Å². The van der Waals surface area contributed by atoms with Crippen molar-refractivity contribution in [2.45, 2.75) is 44.1 Å². The van der Waals surface area contributed by atoms with Gasteiger partial charge in [0.05, 0.1) is 5.41 Å². The zero-order chi connectivity index (χ0) is 13.1. The second kappa shape index (κ2) is 5.13. The van der Waals surface area contributed by atoms with Crippen molar-refractivity contribution in [2.75, 3.05) is 0 Å². The van der Waals surface area contributed by atoms with Crippen molar-refractivity contribution >= 4 is 0 Å². The first-order chi connectivity index (χ1) is 9.35. The van der Waals surface area contributed by atoms with Crippen LogP contribution in [0.3, 0.4) is 0 Å². The van der Waals surface area contributed by atoms with Crippen LogP contribution in [0.5, 0.6) is 0 Å². The maximum atomic E-state index is 9.11. The van der Waals surface area contributed by atoms with Crippen LogP contribution in [-0.2, 0) is 12.0 Å². The maximum absolute atomic E-state index is 9.11. The minimum Gasteiger partial charge on any atom is -0.387 e. The van der Waals surface area contributed by atoms with Crippen LogP contribution in [0.1, 0.15) is 49.4 Å². The van der Waals surface area contributed by atoms with E-state index in [0.717, 1.165) is 18.7 Å². The van der Waals surface area contributed by atoms with Gasteiger partial charge in [0, 0.05) is 0 Å². The summed E-state index contributed by atoms with van der Waals surface area (Å²) in [6.45, 7) is -0.197. The van der Waals surface area contributed by atoms with Gasteiger partial charge in [-0.1, -0.05) is 54.8 Å². The fraction of sp³-hybridized carbons (Fsp3) is 0.467. The predicted molar refractivity (Wildman–Crippen MR) is 70.5 cm³/mol. The van der Waals surface area contributed by atoms with Gasteiger partial charge in [-0.2, -0.15) is 4.98 Å². The van der Waals surface area contributed by atoms with Crippen LogP contribution in [-0.4, -0.2) is 15.2 Å². The highest BCUT2D eigenvalue weighted by molar-refractivity contribution is 5.33. The van der Waals surface area contributed by atoms with Gasteiger partial charge in [0.15, 0.2) is 5.82 Å². The summed E-state index contributed by atoms with van der Waals surface area (Å²) >= 11 is 0. The highest BCUT2D eigenvalue weighted by atomic mass is 16.5. The van der Waals surface area contributed by atoms with Gasteiger partial charge in [-0.25, -0.2) is 0 Å². The third-order valence-corrected chi connectivity index (χ3v) is 4.06. The third kappa shape index (κ3) is 2.16. The Morgan fingerprint density at radius 2 is 1.84 bits per heavy atom. The van der Waals surface area contributed by atoms with Gasteiger partial charge in [0.1, 0.15) is 6.61 Å². The fourth-order valence-electron chi connectivity index (χ4n) is 3.07. The standard InChI is InChI=1S/C15H18N2O2/c18-11-13-16-14(17-19-13)15(9-5-2-6-10-15)12-7-3-1-4-8-12/h1,3-4,7-8,18H,2,5-6,9-11H2. The lowest BCUT2D eigenvalue weighted by Crippen LogP contribution is -2.31. The molecule has 1 N–H and O–H groups in total. The number of hydrogen-bond donors (Lipinski definition) is 1. The van der Waals surface area contributed by atoms with E-state index in [4.69, 9.17) is 9.63 Å². The summed E-state index contributed by atoms with van der Waals surface area (Å²) in [5, 5.41) is 13.2. The SMILES string of the molecule is OCc1nc(C2(c3ccccc3)CCCCC2)no1. The van der Waals surface area contributed by atoms with Crippen molar-refractivity contribution in [2.24, 2.45) is 0 Å². The third-order valence-electron chi connectivity index (χ3n) is 4.06. The number of rotatable bonds is 3. The van der Waals surface area contributed by atoms with Crippen molar-refractivity contribution < 1.29 is 9.63 Å². The average molecular weight is 258 g/mol. The Morgan fingerprint density at radius 1 is 1.11 bits per heavy atom. The Hall–Kier alpha value is -1.68. The number of aromatic nitrogens is 2. The number of hydrogen-bond acceptors (Lipinski definition) is 4. The highest BCUT2D eigenvalue weighted by Gasteiger charge is 2.39. The molecule has 4 nitrogen and oxygen atoms in total. The maximum Gasteiger partial charge on any atom is 0.252 e. The molecule has 3 rings (SSSR count). The first-order valence-corrected chi connectivity index (χ1v) is 6.85. The van der Waals surface area contributed by atoms with Gasteiger partial charge in [-0.05, 0) is 18.4 Å². The molecular formula is C15H18N2O2. The summed E-state index contributed by atoms with van der Waals surface area (Å²) in [5.74, 6) is 1.03. The fourth-order valence-corrected chi connectivity index (χ4v) is 3.07. The summed E-state index contributed by atoms with van der Waals surface area (Å²) in [4.78, 5) is 4.37. The van der Waals surface area contributed by atoms with Crippen molar-refractivity contribution in [3.8, 4) is 0 Å². The van der Waals surface area contributed by atoms with E-state index in [-0.39, 0.29) is 12.0 Å². The first kappa shape index (κ1) is 12.4. The minimum atomic E-state index is -0.197. The van der Waals surface area contributed by atoms with E-state index in [0.29, 0.717) is 5.89 Å². The summed E-state index contributed by atoms with van der Waals surface area (Å²) < 4.78 is 5.10. The lowest BCUT2D eigenvalue weighted by molar-refractivity contribution is 0.221. The summed E-state index contributed by atoms with van der Waals surface area (Å²) in [7, 11) is 0. The molecule has 1 fully saturated rings. The van der Waals surface area contributed by atoms with Gasteiger partial charge in [-0.3, -0.25) is 0 Å². The molecule has 0 radical (unpaired) electrons. The topological polar surface area (TPSA) is 59.2 Å². The molecule has 1 aromatic heterocycles. The molecule has 19 heavy (non-hydrogen) atoms. The van der Waals surface area contributed by atoms with Crippen LogP contribution >= 0.6 is 0 Å². The highest BCUT2D eigenvalue weighted by Crippen LogP contribution is 2.43. The van der Waals surface area contributed by atoms with Crippen LogP contribution in [0.15, 0.2) is 34.9 Å². The molecule has 0 saturated heterocycles. The van der Waals surface area contributed by atoms with Gasteiger partial charge >= 0.3 is 0 Å². The van der Waals surface area contributed by atoms with Crippen molar-refractivity contribution in [1.29, 1.82) is 0 Å². The smallest absolute Gasteiger partial charge is 0.252 e. The molecule has 1 aliphatic rings. The molecule has 0 unspecified atom stereocenters. The number of nitrogens with zero attached hydrogens (tertiary/aromatic N) is 2. The molecule has 0 spiro atoms. The average Bonchev–Trinajstić information content (AvgIpc) is 2.98. The zero-order valence-corrected chi connectivity index (χ0v) is 10.9. The van der Waals surface area contributed by atoms with Crippen molar-refractivity contribution in [3.63, 3.8) is 0 Å². The molecule has 0 bridgehead atoms. The second-order valence-corrected chi connectivity index (χ2v) is 5.18. The van der Waals surface area contributed by atoms with E-state index in [1.165, 1.54) is 24.8 Å². The van der Waals surface area contributed by atoms with Gasteiger partial charge in [-0.15, -0.1) is 0 Å². The van der Waals surface area contributed by atoms with E-state index in [9.17, 15) is 0 Å². The van der Waals surface area contributed by atoms with Gasteiger partial charge in [0.2, 0.25) is 0 Å².